The lowest BCUT2D eigenvalue weighted by Gasteiger charge is -2.24. The van der Waals surface area contributed by atoms with Crippen LogP contribution in [0.15, 0.2) is 0 Å². The van der Waals surface area contributed by atoms with Gasteiger partial charge in [-0.25, -0.2) is 0 Å². The molecule has 4 nitrogen and oxygen atoms in total. The molecule has 5 heteroatoms. The van der Waals surface area contributed by atoms with Crippen molar-refractivity contribution < 1.29 is 9.53 Å². The number of hydrogen-bond donors (Lipinski definition) is 2. The van der Waals surface area contributed by atoms with E-state index in [-0.39, 0.29) is 24.2 Å². The Morgan fingerprint density at radius 1 is 1.28 bits per heavy atom. The van der Waals surface area contributed by atoms with Gasteiger partial charge in [-0.3, -0.25) is 4.79 Å². The molecule has 0 aromatic rings. The Labute approximate surface area is 116 Å². The summed E-state index contributed by atoms with van der Waals surface area (Å²) in [5, 5.41) is 6.31. The van der Waals surface area contributed by atoms with Crippen LogP contribution in [0.2, 0.25) is 0 Å². The first-order valence-corrected chi connectivity index (χ1v) is 6.96. The van der Waals surface area contributed by atoms with Crippen LogP contribution in [-0.4, -0.2) is 38.3 Å². The lowest BCUT2D eigenvalue weighted by atomic mass is 9.99. The van der Waals surface area contributed by atoms with Gasteiger partial charge in [0.2, 0.25) is 5.91 Å². The Hall–Kier alpha value is -0.320. The van der Waals surface area contributed by atoms with E-state index in [1.165, 1.54) is 12.8 Å². The number of halogens is 1. The number of nitrogens with one attached hydrogen (secondary N) is 2. The molecule has 2 fully saturated rings. The van der Waals surface area contributed by atoms with Crippen LogP contribution in [0.3, 0.4) is 0 Å². The van der Waals surface area contributed by atoms with E-state index < -0.39 is 0 Å². The summed E-state index contributed by atoms with van der Waals surface area (Å²) in [4.78, 5) is 11.8. The zero-order valence-corrected chi connectivity index (χ0v) is 11.8. The van der Waals surface area contributed by atoms with E-state index in [2.05, 4.69) is 10.6 Å². The Morgan fingerprint density at radius 3 is 2.83 bits per heavy atom. The van der Waals surface area contributed by atoms with E-state index in [9.17, 15) is 4.79 Å². The molecule has 1 amide bonds. The van der Waals surface area contributed by atoms with Gasteiger partial charge in [0.15, 0.2) is 0 Å². The van der Waals surface area contributed by atoms with Gasteiger partial charge < -0.3 is 15.4 Å². The molecular formula is C13H25ClN2O2. The fourth-order valence-corrected chi connectivity index (χ4v) is 2.61. The smallest absolute Gasteiger partial charge is 0.224 e. The van der Waals surface area contributed by atoms with Crippen molar-refractivity contribution in [2.75, 3.05) is 26.2 Å². The zero-order chi connectivity index (χ0) is 11.9. The van der Waals surface area contributed by atoms with Crippen LogP contribution < -0.4 is 10.6 Å². The molecule has 2 aliphatic heterocycles. The second-order valence-corrected chi connectivity index (χ2v) is 5.11. The number of piperidine rings is 1. The summed E-state index contributed by atoms with van der Waals surface area (Å²) in [5.74, 6) is 0.393. The van der Waals surface area contributed by atoms with Crippen molar-refractivity contribution in [3.05, 3.63) is 0 Å². The molecule has 0 bridgehead atoms. The van der Waals surface area contributed by atoms with Crippen LogP contribution >= 0.6 is 12.4 Å². The number of hydrogen-bond acceptors (Lipinski definition) is 3. The molecule has 0 aromatic carbocycles. The highest BCUT2D eigenvalue weighted by atomic mass is 35.5. The predicted octanol–water partition coefficient (Wildman–Crippen LogP) is 1.48. The van der Waals surface area contributed by atoms with E-state index in [4.69, 9.17) is 4.74 Å². The van der Waals surface area contributed by atoms with Crippen molar-refractivity contribution in [1.29, 1.82) is 0 Å². The molecule has 2 atom stereocenters. The highest BCUT2D eigenvalue weighted by molar-refractivity contribution is 5.85. The Bertz CT molecular complexity index is 239. The molecule has 2 N–H and O–H groups in total. The first kappa shape index (κ1) is 15.7. The lowest BCUT2D eigenvalue weighted by Crippen LogP contribution is -2.41. The maximum Gasteiger partial charge on any atom is 0.224 e. The second kappa shape index (κ2) is 8.73. The second-order valence-electron chi connectivity index (χ2n) is 5.11. The fourth-order valence-electron chi connectivity index (χ4n) is 2.61. The minimum absolute atomic E-state index is 0. The van der Waals surface area contributed by atoms with Gasteiger partial charge in [0.1, 0.15) is 0 Å². The van der Waals surface area contributed by atoms with E-state index in [0.717, 1.165) is 51.9 Å². The predicted molar refractivity (Wildman–Crippen MR) is 74.1 cm³/mol. The monoisotopic (exact) mass is 276 g/mol. The molecular weight excluding hydrogens is 252 g/mol. The average molecular weight is 277 g/mol. The molecule has 2 aliphatic rings. The summed E-state index contributed by atoms with van der Waals surface area (Å²) < 4.78 is 5.64. The molecule has 2 heterocycles. The Kier molecular flexibility index (Phi) is 7.63. The maximum atomic E-state index is 11.8. The van der Waals surface area contributed by atoms with Crippen molar-refractivity contribution in [2.24, 2.45) is 5.92 Å². The van der Waals surface area contributed by atoms with Gasteiger partial charge in [0, 0.05) is 19.7 Å². The fraction of sp³-hybridized carbons (Fsp3) is 0.923. The van der Waals surface area contributed by atoms with Crippen molar-refractivity contribution in [3.8, 4) is 0 Å². The minimum Gasteiger partial charge on any atom is -0.378 e. The largest absolute Gasteiger partial charge is 0.378 e. The summed E-state index contributed by atoms with van der Waals surface area (Å²) in [6.45, 7) is 3.55. The van der Waals surface area contributed by atoms with Gasteiger partial charge in [-0.1, -0.05) is 0 Å². The SMILES string of the molecule is Cl.O=C(NCCC1CCCCO1)C1CCCNC1. The Balaban J connectivity index is 0.00000162. The third-order valence-electron chi connectivity index (χ3n) is 3.71. The van der Waals surface area contributed by atoms with Crippen LogP contribution in [-0.2, 0) is 9.53 Å². The molecule has 0 radical (unpaired) electrons. The van der Waals surface area contributed by atoms with Crippen LogP contribution in [0.4, 0.5) is 0 Å². The molecule has 2 unspecified atom stereocenters. The quantitative estimate of drug-likeness (QED) is 0.818. The van der Waals surface area contributed by atoms with E-state index in [0.29, 0.717) is 6.10 Å². The van der Waals surface area contributed by atoms with Crippen molar-refractivity contribution in [2.45, 2.75) is 44.6 Å². The van der Waals surface area contributed by atoms with E-state index in [1.54, 1.807) is 0 Å². The number of carbonyl (C=O) groups is 1. The van der Waals surface area contributed by atoms with Crippen LogP contribution in [0.1, 0.15) is 38.5 Å². The third kappa shape index (κ3) is 5.12. The van der Waals surface area contributed by atoms with Gasteiger partial charge in [-0.2, -0.15) is 0 Å². The number of carbonyl (C=O) groups excluding carboxylic acids is 1. The van der Waals surface area contributed by atoms with Gasteiger partial charge in [-0.15, -0.1) is 12.4 Å². The first-order chi connectivity index (χ1) is 8.36. The van der Waals surface area contributed by atoms with Crippen molar-refractivity contribution in [1.82, 2.24) is 10.6 Å². The van der Waals surface area contributed by atoms with E-state index in [1.807, 2.05) is 0 Å². The van der Waals surface area contributed by atoms with Gasteiger partial charge in [0.25, 0.3) is 0 Å². The zero-order valence-electron chi connectivity index (χ0n) is 11.0. The molecule has 106 valence electrons. The minimum atomic E-state index is 0. The molecule has 0 aliphatic carbocycles. The normalized spacial score (nSPS) is 28.2. The van der Waals surface area contributed by atoms with Crippen LogP contribution in [0.25, 0.3) is 0 Å². The molecule has 0 aromatic heterocycles. The maximum absolute atomic E-state index is 11.8. The van der Waals surface area contributed by atoms with Crippen molar-refractivity contribution in [3.63, 3.8) is 0 Å². The average Bonchev–Trinajstić information content (AvgIpc) is 2.41. The third-order valence-corrected chi connectivity index (χ3v) is 3.71. The van der Waals surface area contributed by atoms with Gasteiger partial charge in [-0.05, 0) is 45.1 Å². The number of rotatable bonds is 4. The Morgan fingerprint density at radius 2 is 2.17 bits per heavy atom. The lowest BCUT2D eigenvalue weighted by molar-refractivity contribution is -0.125. The summed E-state index contributed by atoms with van der Waals surface area (Å²) in [7, 11) is 0. The standard InChI is InChI=1S/C13H24N2O2.ClH/c16-13(11-4-3-7-14-10-11)15-8-6-12-5-1-2-9-17-12;/h11-12,14H,1-10H2,(H,15,16);1H. The summed E-state index contributed by atoms with van der Waals surface area (Å²) in [5.41, 5.74) is 0. The summed E-state index contributed by atoms with van der Waals surface area (Å²) in [6, 6.07) is 0. The van der Waals surface area contributed by atoms with Crippen molar-refractivity contribution >= 4 is 18.3 Å². The summed E-state index contributed by atoms with van der Waals surface area (Å²) in [6.07, 6.45) is 7.09. The van der Waals surface area contributed by atoms with Gasteiger partial charge in [0.05, 0.1) is 12.0 Å². The topological polar surface area (TPSA) is 50.4 Å². The van der Waals surface area contributed by atoms with Crippen LogP contribution in [0.5, 0.6) is 0 Å². The molecule has 2 saturated heterocycles. The molecule has 18 heavy (non-hydrogen) atoms. The summed E-state index contributed by atoms with van der Waals surface area (Å²) >= 11 is 0. The molecule has 2 rings (SSSR count). The highest BCUT2D eigenvalue weighted by Crippen LogP contribution is 2.15. The number of amides is 1. The number of ether oxygens (including phenoxy) is 1. The molecule has 0 spiro atoms. The van der Waals surface area contributed by atoms with Crippen LogP contribution in [0, 0.1) is 5.92 Å². The highest BCUT2D eigenvalue weighted by Gasteiger charge is 2.21. The first-order valence-electron chi connectivity index (χ1n) is 6.96. The molecule has 0 saturated carbocycles. The van der Waals surface area contributed by atoms with E-state index >= 15 is 0 Å². The van der Waals surface area contributed by atoms with Gasteiger partial charge >= 0.3 is 0 Å².